The number of ketones is 1. The summed E-state index contributed by atoms with van der Waals surface area (Å²) in [5.74, 6) is 1.00. The van der Waals surface area contributed by atoms with Crippen molar-refractivity contribution in [2.45, 2.75) is 43.1 Å². The van der Waals surface area contributed by atoms with Gasteiger partial charge in [-0.15, -0.1) is 5.10 Å². The number of benzene rings is 2. The number of hydrogen-bond donors (Lipinski definition) is 1. The number of halogens is 1. The first-order valence-corrected chi connectivity index (χ1v) is 11.0. The van der Waals surface area contributed by atoms with Crippen LogP contribution >= 0.6 is 11.8 Å². The van der Waals surface area contributed by atoms with Gasteiger partial charge in [-0.25, -0.2) is 9.07 Å². The number of nitrogens with zero attached hydrogens (tertiary/aromatic N) is 3. The highest BCUT2D eigenvalue weighted by atomic mass is 32.2. The zero-order valence-corrected chi connectivity index (χ0v) is 17.4. The molecule has 7 heteroatoms. The highest BCUT2D eigenvalue weighted by Crippen LogP contribution is 2.41. The van der Waals surface area contributed by atoms with Crippen molar-refractivity contribution in [1.82, 2.24) is 14.8 Å². The highest BCUT2D eigenvalue weighted by molar-refractivity contribution is 7.98. The Bertz CT molecular complexity index is 1170. The Balaban J connectivity index is 1.52. The van der Waals surface area contributed by atoms with Crippen LogP contribution in [0, 0.1) is 12.7 Å². The SMILES string of the molecule is Cc1cccc(CSc2nc3n(n2)[C@@H](c2ccccc2F)C2=C(CCCC2=O)N3)c1. The van der Waals surface area contributed by atoms with Crippen LogP contribution in [0.15, 0.2) is 65.0 Å². The molecule has 0 fully saturated rings. The number of aromatic nitrogens is 3. The monoisotopic (exact) mass is 420 g/mol. The molecule has 0 saturated carbocycles. The van der Waals surface area contributed by atoms with Gasteiger partial charge in [0.25, 0.3) is 0 Å². The van der Waals surface area contributed by atoms with Gasteiger partial charge >= 0.3 is 0 Å². The summed E-state index contributed by atoms with van der Waals surface area (Å²) in [7, 11) is 0. The molecule has 2 heterocycles. The van der Waals surface area contributed by atoms with Crippen LogP contribution in [0.25, 0.3) is 0 Å². The number of hydrogen-bond acceptors (Lipinski definition) is 5. The average Bonchev–Trinajstić information content (AvgIpc) is 3.14. The van der Waals surface area contributed by atoms with Crippen molar-refractivity contribution in [3.05, 3.63) is 82.3 Å². The summed E-state index contributed by atoms with van der Waals surface area (Å²) in [5, 5.41) is 8.56. The van der Waals surface area contributed by atoms with Crippen LogP contribution in [0.3, 0.4) is 0 Å². The Hall–Kier alpha value is -2.93. The minimum atomic E-state index is -0.592. The number of rotatable bonds is 4. The van der Waals surface area contributed by atoms with Crippen molar-refractivity contribution in [2.75, 3.05) is 5.32 Å². The maximum atomic E-state index is 14.7. The normalized spacial score (nSPS) is 18.1. The summed E-state index contributed by atoms with van der Waals surface area (Å²) in [5.41, 5.74) is 4.30. The zero-order valence-electron chi connectivity index (χ0n) is 16.6. The second-order valence-corrected chi connectivity index (χ2v) is 8.60. The van der Waals surface area contributed by atoms with Crippen molar-refractivity contribution in [3.8, 4) is 0 Å². The number of carbonyl (C=O) groups is 1. The van der Waals surface area contributed by atoms with E-state index in [1.807, 2.05) is 6.07 Å². The third-order valence-electron chi connectivity index (χ3n) is 5.50. The summed E-state index contributed by atoms with van der Waals surface area (Å²) in [6.07, 6.45) is 2.02. The van der Waals surface area contributed by atoms with E-state index >= 15 is 0 Å². The predicted octanol–water partition coefficient (Wildman–Crippen LogP) is 5.04. The molecule has 2 aromatic carbocycles. The number of aryl methyl sites for hydroxylation is 1. The van der Waals surface area contributed by atoms with Crippen LogP contribution in [-0.4, -0.2) is 20.5 Å². The molecule has 0 saturated heterocycles. The minimum Gasteiger partial charge on any atom is -0.328 e. The van der Waals surface area contributed by atoms with Crippen LogP contribution in [0.1, 0.15) is 42.0 Å². The van der Waals surface area contributed by atoms with Gasteiger partial charge in [-0.1, -0.05) is 59.8 Å². The van der Waals surface area contributed by atoms with E-state index in [1.54, 1.807) is 22.9 Å². The molecule has 1 aromatic heterocycles. The van der Waals surface area contributed by atoms with E-state index in [0.717, 1.165) is 24.3 Å². The van der Waals surface area contributed by atoms with E-state index in [-0.39, 0.29) is 11.6 Å². The van der Waals surface area contributed by atoms with Crippen molar-refractivity contribution < 1.29 is 9.18 Å². The second kappa shape index (κ2) is 7.72. The first-order valence-electron chi connectivity index (χ1n) is 10.0. The molecule has 0 amide bonds. The van der Waals surface area contributed by atoms with Crippen LogP contribution in [0.2, 0.25) is 0 Å². The van der Waals surface area contributed by atoms with Crippen molar-refractivity contribution in [3.63, 3.8) is 0 Å². The average molecular weight is 421 g/mol. The lowest BCUT2D eigenvalue weighted by Gasteiger charge is -2.32. The molecule has 1 atom stereocenters. The molecule has 1 N–H and O–H groups in total. The van der Waals surface area contributed by atoms with Crippen molar-refractivity contribution in [1.29, 1.82) is 0 Å². The summed E-state index contributed by atoms with van der Waals surface area (Å²) in [6, 6.07) is 14.3. The fourth-order valence-electron chi connectivity index (χ4n) is 4.13. The molecule has 0 bridgehead atoms. The van der Waals surface area contributed by atoms with Gasteiger partial charge in [-0.2, -0.15) is 4.98 Å². The summed E-state index contributed by atoms with van der Waals surface area (Å²) in [6.45, 7) is 2.07. The minimum absolute atomic E-state index is 0.0483. The van der Waals surface area contributed by atoms with Crippen LogP contribution in [-0.2, 0) is 10.5 Å². The molecule has 0 radical (unpaired) electrons. The predicted molar refractivity (Wildman–Crippen MR) is 115 cm³/mol. The Labute approximate surface area is 178 Å². The number of fused-ring (bicyclic) bond motifs is 1. The number of nitrogens with one attached hydrogen (secondary N) is 1. The Morgan fingerprint density at radius 3 is 2.90 bits per heavy atom. The molecule has 0 unspecified atom stereocenters. The van der Waals surface area contributed by atoms with Gasteiger partial charge in [0.1, 0.15) is 11.9 Å². The van der Waals surface area contributed by atoms with E-state index in [1.165, 1.54) is 29.0 Å². The smallest absolute Gasteiger partial charge is 0.227 e. The van der Waals surface area contributed by atoms with Crippen molar-refractivity contribution >= 4 is 23.5 Å². The molecule has 0 spiro atoms. The largest absolute Gasteiger partial charge is 0.328 e. The van der Waals surface area contributed by atoms with Gasteiger partial charge < -0.3 is 5.32 Å². The highest BCUT2D eigenvalue weighted by Gasteiger charge is 2.37. The molecule has 1 aliphatic heterocycles. The summed E-state index contributed by atoms with van der Waals surface area (Å²) < 4.78 is 16.4. The van der Waals surface area contributed by atoms with Gasteiger partial charge in [0.15, 0.2) is 5.78 Å². The summed E-state index contributed by atoms with van der Waals surface area (Å²) >= 11 is 1.53. The quantitative estimate of drug-likeness (QED) is 0.599. The molecule has 30 heavy (non-hydrogen) atoms. The molecule has 152 valence electrons. The van der Waals surface area contributed by atoms with Gasteiger partial charge in [-0.3, -0.25) is 4.79 Å². The van der Waals surface area contributed by atoms with E-state index in [9.17, 15) is 9.18 Å². The lowest BCUT2D eigenvalue weighted by atomic mass is 9.85. The number of Topliss-reactive ketones (excluding diaryl/α,β-unsaturated/α-hetero) is 1. The fourth-order valence-corrected chi connectivity index (χ4v) is 4.90. The van der Waals surface area contributed by atoms with Gasteiger partial charge in [-0.05, 0) is 31.4 Å². The first kappa shape index (κ1) is 19.1. The lowest BCUT2D eigenvalue weighted by molar-refractivity contribution is -0.116. The van der Waals surface area contributed by atoms with Crippen LogP contribution < -0.4 is 5.32 Å². The topological polar surface area (TPSA) is 59.8 Å². The Morgan fingerprint density at radius 2 is 2.07 bits per heavy atom. The Kier molecular flexibility index (Phi) is 4.90. The van der Waals surface area contributed by atoms with Gasteiger partial charge in [0, 0.05) is 29.0 Å². The Morgan fingerprint density at radius 1 is 1.20 bits per heavy atom. The van der Waals surface area contributed by atoms with E-state index < -0.39 is 6.04 Å². The van der Waals surface area contributed by atoms with Gasteiger partial charge in [0.2, 0.25) is 11.1 Å². The molecular weight excluding hydrogens is 399 g/mol. The van der Waals surface area contributed by atoms with Gasteiger partial charge in [0.05, 0.1) is 0 Å². The molecular formula is C23H21FN4OS. The maximum Gasteiger partial charge on any atom is 0.227 e. The van der Waals surface area contributed by atoms with Crippen LogP contribution in [0.4, 0.5) is 10.3 Å². The molecule has 5 nitrogen and oxygen atoms in total. The number of allylic oxidation sites excluding steroid dienone is 2. The maximum absolute atomic E-state index is 14.7. The first-order chi connectivity index (χ1) is 14.6. The third kappa shape index (κ3) is 3.43. The second-order valence-electron chi connectivity index (χ2n) is 7.66. The lowest BCUT2D eigenvalue weighted by Crippen LogP contribution is -2.32. The number of carbonyl (C=O) groups excluding carboxylic acids is 1. The molecule has 1 aliphatic carbocycles. The number of anilines is 1. The summed E-state index contributed by atoms with van der Waals surface area (Å²) in [4.78, 5) is 17.4. The molecule has 5 rings (SSSR count). The van der Waals surface area contributed by atoms with Crippen LogP contribution in [0.5, 0.6) is 0 Å². The molecule has 2 aliphatic rings. The van der Waals surface area contributed by atoms with E-state index in [0.29, 0.717) is 28.7 Å². The van der Waals surface area contributed by atoms with Crippen molar-refractivity contribution in [2.24, 2.45) is 0 Å². The fraction of sp³-hybridized carbons (Fsp3) is 0.261. The third-order valence-corrected chi connectivity index (χ3v) is 6.41. The van der Waals surface area contributed by atoms with E-state index in [4.69, 9.17) is 0 Å². The standard InChI is InChI=1S/C23H21FN4OS/c1-14-6-4-7-15(12-14)13-30-23-26-22-25-18-10-5-11-19(29)20(18)21(28(22)27-23)16-8-2-3-9-17(16)24/h2-4,6-9,12,21H,5,10-11,13H2,1H3,(H,25,26,27)/t21-/m0/s1. The molecule has 3 aromatic rings. The zero-order chi connectivity index (χ0) is 20.7. The number of thioether (sulfide) groups is 1. The van der Waals surface area contributed by atoms with E-state index in [2.05, 4.69) is 40.5 Å².